The fourth-order valence-corrected chi connectivity index (χ4v) is 1.94. The van der Waals surface area contributed by atoms with Crippen molar-refractivity contribution in [2.75, 3.05) is 0 Å². The van der Waals surface area contributed by atoms with Crippen LogP contribution in [0.25, 0.3) is 0 Å². The summed E-state index contributed by atoms with van der Waals surface area (Å²) in [7, 11) is 0. The number of hydrogen-bond donors (Lipinski definition) is 2. The molecule has 0 aliphatic heterocycles. The van der Waals surface area contributed by atoms with E-state index in [1.165, 1.54) is 6.07 Å². The quantitative estimate of drug-likeness (QED) is 0.898. The van der Waals surface area contributed by atoms with Crippen LogP contribution in [-0.2, 0) is 6.54 Å². The van der Waals surface area contributed by atoms with Crippen LogP contribution in [0.5, 0.6) is 0 Å². The van der Waals surface area contributed by atoms with Crippen molar-refractivity contribution in [1.29, 1.82) is 0 Å². The van der Waals surface area contributed by atoms with Gasteiger partial charge < -0.3 is 10.3 Å². The van der Waals surface area contributed by atoms with Crippen LogP contribution in [0.15, 0.2) is 34.9 Å². The van der Waals surface area contributed by atoms with E-state index in [0.717, 1.165) is 10.0 Å². The Morgan fingerprint density at radius 2 is 2.22 bits per heavy atom. The van der Waals surface area contributed by atoms with Gasteiger partial charge in [-0.15, -0.1) is 0 Å². The van der Waals surface area contributed by atoms with Crippen molar-refractivity contribution >= 4 is 21.8 Å². The SMILES string of the molecule is Cc1cc(CNC(=O)c2cc(Br)c[nH]2)ccc1F. The van der Waals surface area contributed by atoms with Gasteiger partial charge in [0.05, 0.1) is 0 Å². The second-order valence-electron chi connectivity index (χ2n) is 4.00. The van der Waals surface area contributed by atoms with E-state index >= 15 is 0 Å². The van der Waals surface area contributed by atoms with Gasteiger partial charge in [-0.05, 0) is 46.1 Å². The summed E-state index contributed by atoms with van der Waals surface area (Å²) >= 11 is 3.26. The molecule has 0 fully saturated rings. The van der Waals surface area contributed by atoms with Crippen LogP contribution < -0.4 is 5.32 Å². The summed E-state index contributed by atoms with van der Waals surface area (Å²) in [4.78, 5) is 14.6. The zero-order valence-electron chi connectivity index (χ0n) is 9.76. The third-order valence-corrected chi connectivity index (χ3v) is 3.03. The number of carbonyl (C=O) groups excluding carboxylic acids is 1. The van der Waals surface area contributed by atoms with Gasteiger partial charge in [0.25, 0.3) is 5.91 Å². The van der Waals surface area contributed by atoms with Crippen molar-refractivity contribution in [3.63, 3.8) is 0 Å². The number of rotatable bonds is 3. The van der Waals surface area contributed by atoms with Gasteiger partial charge in [0, 0.05) is 17.2 Å². The minimum atomic E-state index is -0.238. The van der Waals surface area contributed by atoms with Crippen molar-refractivity contribution in [3.05, 3.63) is 57.6 Å². The lowest BCUT2D eigenvalue weighted by molar-refractivity contribution is 0.0946. The molecule has 18 heavy (non-hydrogen) atoms. The molecule has 0 aliphatic carbocycles. The number of benzene rings is 1. The first-order chi connectivity index (χ1) is 8.56. The molecular weight excluding hydrogens is 299 g/mol. The molecule has 0 radical (unpaired) electrons. The largest absolute Gasteiger partial charge is 0.356 e. The number of amides is 1. The number of hydrogen-bond acceptors (Lipinski definition) is 1. The van der Waals surface area contributed by atoms with Crippen molar-refractivity contribution in [2.24, 2.45) is 0 Å². The standard InChI is InChI=1S/C13H12BrFN2O/c1-8-4-9(2-3-11(8)15)6-17-13(18)12-5-10(14)7-16-12/h2-5,7,16H,6H2,1H3,(H,17,18). The summed E-state index contributed by atoms with van der Waals surface area (Å²) in [5, 5.41) is 2.76. The van der Waals surface area contributed by atoms with E-state index in [1.807, 2.05) is 0 Å². The Bertz CT molecular complexity index is 580. The van der Waals surface area contributed by atoms with E-state index in [2.05, 4.69) is 26.2 Å². The lowest BCUT2D eigenvalue weighted by atomic mass is 10.1. The molecule has 0 spiro atoms. The van der Waals surface area contributed by atoms with Crippen LogP contribution in [0.1, 0.15) is 21.6 Å². The molecule has 1 amide bonds. The van der Waals surface area contributed by atoms with Gasteiger partial charge in [-0.1, -0.05) is 12.1 Å². The average Bonchev–Trinajstić information content (AvgIpc) is 2.77. The predicted molar refractivity (Wildman–Crippen MR) is 70.8 cm³/mol. The normalized spacial score (nSPS) is 10.4. The zero-order chi connectivity index (χ0) is 13.1. The molecule has 0 saturated heterocycles. The number of H-pyrrole nitrogens is 1. The van der Waals surface area contributed by atoms with Crippen molar-refractivity contribution < 1.29 is 9.18 Å². The Morgan fingerprint density at radius 1 is 1.44 bits per heavy atom. The summed E-state index contributed by atoms with van der Waals surface area (Å²) in [6, 6.07) is 6.49. The van der Waals surface area contributed by atoms with Crippen LogP contribution in [0.2, 0.25) is 0 Å². The minimum absolute atomic E-state index is 0.192. The van der Waals surface area contributed by atoms with Crippen LogP contribution >= 0.6 is 15.9 Å². The Balaban J connectivity index is 1.99. The lowest BCUT2D eigenvalue weighted by Crippen LogP contribution is -2.23. The summed E-state index contributed by atoms with van der Waals surface area (Å²) in [5.41, 5.74) is 1.93. The minimum Gasteiger partial charge on any atom is -0.356 e. The molecule has 2 rings (SSSR count). The molecule has 0 atom stereocenters. The smallest absolute Gasteiger partial charge is 0.267 e. The number of aromatic nitrogens is 1. The Hall–Kier alpha value is -1.62. The third-order valence-electron chi connectivity index (χ3n) is 2.57. The second-order valence-corrected chi connectivity index (χ2v) is 4.91. The van der Waals surface area contributed by atoms with Gasteiger partial charge in [-0.25, -0.2) is 4.39 Å². The predicted octanol–water partition coefficient (Wildman–Crippen LogP) is 3.15. The van der Waals surface area contributed by atoms with Crippen molar-refractivity contribution in [1.82, 2.24) is 10.3 Å². The van der Waals surface area contributed by atoms with E-state index in [0.29, 0.717) is 17.8 Å². The molecule has 5 heteroatoms. The number of halogens is 2. The van der Waals surface area contributed by atoms with E-state index in [1.54, 1.807) is 31.3 Å². The summed E-state index contributed by atoms with van der Waals surface area (Å²) in [5.74, 6) is -0.430. The maximum Gasteiger partial charge on any atom is 0.267 e. The number of aromatic amines is 1. The number of carbonyl (C=O) groups is 1. The van der Waals surface area contributed by atoms with Crippen LogP contribution in [0, 0.1) is 12.7 Å². The van der Waals surface area contributed by atoms with E-state index < -0.39 is 0 Å². The summed E-state index contributed by atoms with van der Waals surface area (Å²) < 4.78 is 13.9. The highest BCUT2D eigenvalue weighted by Gasteiger charge is 2.07. The van der Waals surface area contributed by atoms with E-state index in [4.69, 9.17) is 0 Å². The van der Waals surface area contributed by atoms with Crippen molar-refractivity contribution in [2.45, 2.75) is 13.5 Å². The molecule has 1 heterocycles. The first kappa shape index (κ1) is 12.8. The first-order valence-corrected chi connectivity index (χ1v) is 6.22. The van der Waals surface area contributed by atoms with Gasteiger partial charge in [0.2, 0.25) is 0 Å². The molecule has 0 bridgehead atoms. The number of aryl methyl sites for hydroxylation is 1. The zero-order valence-corrected chi connectivity index (χ0v) is 11.3. The van der Waals surface area contributed by atoms with Gasteiger partial charge in [0.1, 0.15) is 11.5 Å². The van der Waals surface area contributed by atoms with E-state index in [-0.39, 0.29) is 11.7 Å². The monoisotopic (exact) mass is 310 g/mol. The highest BCUT2D eigenvalue weighted by Crippen LogP contribution is 2.11. The van der Waals surface area contributed by atoms with Crippen LogP contribution in [0.3, 0.4) is 0 Å². The summed E-state index contributed by atoms with van der Waals surface area (Å²) in [6.07, 6.45) is 1.69. The van der Waals surface area contributed by atoms with E-state index in [9.17, 15) is 9.18 Å². The van der Waals surface area contributed by atoms with Gasteiger partial charge in [0.15, 0.2) is 0 Å². The Morgan fingerprint density at radius 3 is 2.83 bits per heavy atom. The lowest BCUT2D eigenvalue weighted by Gasteiger charge is -2.05. The maximum absolute atomic E-state index is 13.1. The fraction of sp³-hybridized carbons (Fsp3) is 0.154. The molecule has 2 aromatic rings. The highest BCUT2D eigenvalue weighted by molar-refractivity contribution is 9.10. The molecule has 94 valence electrons. The molecular formula is C13H12BrFN2O. The summed E-state index contributed by atoms with van der Waals surface area (Å²) in [6.45, 7) is 2.07. The number of nitrogens with one attached hydrogen (secondary N) is 2. The van der Waals surface area contributed by atoms with Gasteiger partial charge >= 0.3 is 0 Å². The highest BCUT2D eigenvalue weighted by atomic mass is 79.9. The second kappa shape index (κ2) is 5.35. The van der Waals surface area contributed by atoms with Crippen LogP contribution in [-0.4, -0.2) is 10.9 Å². The average molecular weight is 311 g/mol. The molecule has 0 saturated carbocycles. The van der Waals surface area contributed by atoms with Gasteiger partial charge in [-0.2, -0.15) is 0 Å². The molecule has 1 aromatic heterocycles. The van der Waals surface area contributed by atoms with Crippen LogP contribution in [0.4, 0.5) is 4.39 Å². The van der Waals surface area contributed by atoms with Crippen molar-refractivity contribution in [3.8, 4) is 0 Å². The first-order valence-electron chi connectivity index (χ1n) is 5.43. The molecule has 0 aliphatic rings. The molecule has 3 nitrogen and oxygen atoms in total. The Kier molecular flexibility index (Phi) is 3.81. The molecule has 2 N–H and O–H groups in total. The third kappa shape index (κ3) is 2.98. The Labute approximate surface area is 113 Å². The van der Waals surface area contributed by atoms with Gasteiger partial charge in [-0.3, -0.25) is 4.79 Å². The molecule has 0 unspecified atom stereocenters. The molecule has 1 aromatic carbocycles. The fourth-order valence-electron chi connectivity index (χ4n) is 1.59. The maximum atomic E-state index is 13.1. The topological polar surface area (TPSA) is 44.9 Å².